The highest BCUT2D eigenvalue weighted by Gasteiger charge is 2.23. The van der Waals surface area contributed by atoms with Crippen LogP contribution < -0.4 is 0 Å². The third kappa shape index (κ3) is 3.13. The molecule has 0 aliphatic heterocycles. The summed E-state index contributed by atoms with van der Waals surface area (Å²) in [6, 6.07) is 8.45. The summed E-state index contributed by atoms with van der Waals surface area (Å²) in [5.74, 6) is 0. The molecule has 0 N–H and O–H groups in total. The van der Waals surface area contributed by atoms with Gasteiger partial charge in [0.05, 0.1) is 17.1 Å². The standard InChI is InChI=1S/C16H21N3O2S/c1-5-11-19-14(3)16(13(2)17-19)12-18(4)22(20,21)15-9-7-6-8-10-15/h5-10H,1,11-12H2,2-4H3. The van der Waals surface area contributed by atoms with Crippen LogP contribution in [0.4, 0.5) is 0 Å². The van der Waals surface area contributed by atoms with Crippen molar-refractivity contribution in [3.05, 3.63) is 59.9 Å². The lowest BCUT2D eigenvalue weighted by Crippen LogP contribution is -2.27. The van der Waals surface area contributed by atoms with E-state index >= 15 is 0 Å². The van der Waals surface area contributed by atoms with Crippen molar-refractivity contribution in [2.75, 3.05) is 7.05 Å². The monoisotopic (exact) mass is 319 g/mol. The fraction of sp³-hybridized carbons (Fsp3) is 0.312. The van der Waals surface area contributed by atoms with Gasteiger partial charge < -0.3 is 0 Å². The third-order valence-corrected chi connectivity index (χ3v) is 5.48. The number of aryl methyl sites for hydroxylation is 1. The molecule has 1 heterocycles. The first-order valence-electron chi connectivity index (χ1n) is 7.03. The van der Waals surface area contributed by atoms with Crippen molar-refractivity contribution in [3.8, 4) is 0 Å². The fourth-order valence-electron chi connectivity index (χ4n) is 2.34. The van der Waals surface area contributed by atoms with Crippen LogP contribution in [0.3, 0.4) is 0 Å². The minimum atomic E-state index is -3.50. The lowest BCUT2D eigenvalue weighted by molar-refractivity contribution is 0.465. The summed E-state index contributed by atoms with van der Waals surface area (Å²) in [5, 5.41) is 4.43. The van der Waals surface area contributed by atoms with Crippen molar-refractivity contribution in [1.29, 1.82) is 0 Å². The zero-order valence-electron chi connectivity index (χ0n) is 13.2. The Morgan fingerprint density at radius 2 is 1.91 bits per heavy atom. The van der Waals surface area contributed by atoms with E-state index in [-0.39, 0.29) is 0 Å². The van der Waals surface area contributed by atoms with Gasteiger partial charge in [-0.05, 0) is 26.0 Å². The quantitative estimate of drug-likeness (QED) is 0.769. The molecule has 5 nitrogen and oxygen atoms in total. The Morgan fingerprint density at radius 1 is 1.27 bits per heavy atom. The summed E-state index contributed by atoms with van der Waals surface area (Å²) in [5.41, 5.74) is 2.74. The Morgan fingerprint density at radius 3 is 2.50 bits per heavy atom. The van der Waals surface area contributed by atoms with E-state index in [0.29, 0.717) is 18.0 Å². The highest BCUT2D eigenvalue weighted by atomic mass is 32.2. The number of rotatable bonds is 6. The molecule has 1 aromatic heterocycles. The molecule has 0 aliphatic rings. The Labute approximate surface area is 131 Å². The zero-order valence-corrected chi connectivity index (χ0v) is 14.0. The average molecular weight is 319 g/mol. The molecule has 0 spiro atoms. The number of hydrogen-bond acceptors (Lipinski definition) is 3. The number of benzene rings is 1. The predicted molar refractivity (Wildman–Crippen MR) is 87.0 cm³/mol. The van der Waals surface area contributed by atoms with Gasteiger partial charge in [0, 0.05) is 24.8 Å². The number of nitrogens with zero attached hydrogens (tertiary/aromatic N) is 3. The van der Waals surface area contributed by atoms with Crippen LogP contribution in [0.15, 0.2) is 47.9 Å². The smallest absolute Gasteiger partial charge is 0.243 e. The van der Waals surface area contributed by atoms with Gasteiger partial charge in [0.1, 0.15) is 0 Å². The van der Waals surface area contributed by atoms with Crippen molar-refractivity contribution in [3.63, 3.8) is 0 Å². The van der Waals surface area contributed by atoms with E-state index in [1.54, 1.807) is 43.5 Å². The second-order valence-electron chi connectivity index (χ2n) is 5.19. The molecular weight excluding hydrogens is 298 g/mol. The van der Waals surface area contributed by atoms with Gasteiger partial charge in [-0.3, -0.25) is 4.68 Å². The van der Waals surface area contributed by atoms with Gasteiger partial charge in [-0.2, -0.15) is 9.40 Å². The average Bonchev–Trinajstić information content (AvgIpc) is 2.76. The normalized spacial score (nSPS) is 11.8. The highest BCUT2D eigenvalue weighted by molar-refractivity contribution is 7.89. The van der Waals surface area contributed by atoms with Crippen LogP contribution in [0.1, 0.15) is 17.0 Å². The van der Waals surface area contributed by atoms with Crippen LogP contribution in [-0.4, -0.2) is 29.6 Å². The summed E-state index contributed by atoms with van der Waals surface area (Å²) in [6.45, 7) is 8.46. The number of sulfonamides is 1. The van der Waals surface area contributed by atoms with Crippen molar-refractivity contribution in [2.24, 2.45) is 0 Å². The van der Waals surface area contributed by atoms with Crippen LogP contribution in [0.25, 0.3) is 0 Å². The molecule has 0 amide bonds. The minimum Gasteiger partial charge on any atom is -0.265 e. The minimum absolute atomic E-state index is 0.297. The van der Waals surface area contributed by atoms with Crippen molar-refractivity contribution < 1.29 is 8.42 Å². The van der Waals surface area contributed by atoms with Crippen LogP contribution in [-0.2, 0) is 23.1 Å². The van der Waals surface area contributed by atoms with E-state index in [1.165, 1.54) is 4.31 Å². The van der Waals surface area contributed by atoms with Crippen LogP contribution in [0, 0.1) is 13.8 Å². The highest BCUT2D eigenvalue weighted by Crippen LogP contribution is 2.20. The predicted octanol–water partition coefficient (Wildman–Crippen LogP) is 2.51. The molecule has 22 heavy (non-hydrogen) atoms. The summed E-state index contributed by atoms with van der Waals surface area (Å²) in [4.78, 5) is 0.297. The van der Waals surface area contributed by atoms with Gasteiger partial charge in [0.2, 0.25) is 10.0 Å². The molecule has 0 bridgehead atoms. The van der Waals surface area contributed by atoms with E-state index < -0.39 is 10.0 Å². The Kier molecular flexibility index (Phi) is 4.83. The second-order valence-corrected chi connectivity index (χ2v) is 7.24. The molecule has 6 heteroatoms. The molecule has 0 fully saturated rings. The maximum atomic E-state index is 12.6. The summed E-state index contributed by atoms with van der Waals surface area (Å²) in [6.07, 6.45) is 1.77. The van der Waals surface area contributed by atoms with Crippen LogP contribution >= 0.6 is 0 Å². The fourth-order valence-corrected chi connectivity index (χ4v) is 3.50. The Bertz CT molecular complexity index is 764. The Balaban J connectivity index is 2.29. The molecule has 118 valence electrons. The summed E-state index contributed by atoms with van der Waals surface area (Å²) < 4.78 is 28.3. The van der Waals surface area contributed by atoms with Gasteiger partial charge in [0.15, 0.2) is 0 Å². The van der Waals surface area contributed by atoms with Gasteiger partial charge in [-0.1, -0.05) is 24.3 Å². The zero-order chi connectivity index (χ0) is 16.3. The van der Waals surface area contributed by atoms with Crippen LogP contribution in [0.2, 0.25) is 0 Å². The first kappa shape index (κ1) is 16.5. The third-order valence-electron chi connectivity index (χ3n) is 3.67. The van der Waals surface area contributed by atoms with E-state index in [9.17, 15) is 8.42 Å². The van der Waals surface area contributed by atoms with Crippen LogP contribution in [0.5, 0.6) is 0 Å². The first-order valence-corrected chi connectivity index (χ1v) is 8.47. The maximum Gasteiger partial charge on any atom is 0.243 e. The van der Waals surface area contributed by atoms with Gasteiger partial charge in [0.25, 0.3) is 0 Å². The molecule has 2 aromatic rings. The molecule has 0 atom stereocenters. The van der Waals surface area contributed by atoms with Crippen molar-refractivity contribution in [2.45, 2.75) is 31.8 Å². The number of allylic oxidation sites excluding steroid dienone is 1. The summed E-state index contributed by atoms with van der Waals surface area (Å²) in [7, 11) is -1.91. The van der Waals surface area contributed by atoms with Crippen molar-refractivity contribution in [1.82, 2.24) is 14.1 Å². The van der Waals surface area contributed by atoms with Gasteiger partial charge in [-0.25, -0.2) is 8.42 Å². The molecular formula is C16H21N3O2S. The molecule has 0 saturated carbocycles. The Hall–Kier alpha value is -1.92. The molecule has 0 radical (unpaired) electrons. The van der Waals surface area contributed by atoms with Gasteiger partial charge in [-0.15, -0.1) is 6.58 Å². The number of aromatic nitrogens is 2. The molecule has 1 aromatic carbocycles. The first-order chi connectivity index (χ1) is 10.4. The lowest BCUT2D eigenvalue weighted by Gasteiger charge is -2.17. The molecule has 0 saturated heterocycles. The van der Waals surface area contributed by atoms with E-state index in [4.69, 9.17) is 0 Å². The molecule has 0 unspecified atom stereocenters. The maximum absolute atomic E-state index is 12.6. The lowest BCUT2D eigenvalue weighted by atomic mass is 10.2. The molecule has 2 rings (SSSR count). The van der Waals surface area contributed by atoms with E-state index in [1.807, 2.05) is 18.5 Å². The largest absolute Gasteiger partial charge is 0.265 e. The molecule has 0 aliphatic carbocycles. The second kappa shape index (κ2) is 6.46. The van der Waals surface area contributed by atoms with E-state index in [2.05, 4.69) is 11.7 Å². The van der Waals surface area contributed by atoms with E-state index in [0.717, 1.165) is 17.0 Å². The number of hydrogen-bond donors (Lipinski definition) is 0. The topological polar surface area (TPSA) is 55.2 Å². The summed E-state index contributed by atoms with van der Waals surface area (Å²) >= 11 is 0. The van der Waals surface area contributed by atoms with Crippen molar-refractivity contribution >= 4 is 10.0 Å². The van der Waals surface area contributed by atoms with Gasteiger partial charge >= 0.3 is 0 Å². The SMILES string of the molecule is C=CCn1nc(C)c(CN(C)S(=O)(=O)c2ccccc2)c1C.